The lowest BCUT2D eigenvalue weighted by atomic mass is 9.80. The van der Waals surface area contributed by atoms with Crippen molar-refractivity contribution in [3.8, 4) is 6.07 Å². The van der Waals surface area contributed by atoms with Gasteiger partial charge < -0.3 is 9.64 Å². The molecule has 1 aliphatic heterocycles. The lowest BCUT2D eigenvalue weighted by molar-refractivity contribution is 0.0604. The van der Waals surface area contributed by atoms with Crippen molar-refractivity contribution in [3.05, 3.63) is 0 Å². The minimum absolute atomic E-state index is 0.208. The Labute approximate surface area is 80.3 Å². The highest BCUT2D eigenvalue weighted by Crippen LogP contribution is 2.30. The van der Waals surface area contributed by atoms with Gasteiger partial charge in [0.05, 0.1) is 18.1 Å². The number of methoxy groups -OCH3 is 1. The monoisotopic (exact) mass is 182 g/mol. The van der Waals surface area contributed by atoms with E-state index in [0.29, 0.717) is 6.61 Å². The van der Waals surface area contributed by atoms with Crippen LogP contribution >= 0.6 is 0 Å². The predicted molar refractivity (Wildman–Crippen MR) is 51.3 cm³/mol. The second-order valence-corrected chi connectivity index (χ2v) is 3.76. The zero-order valence-electron chi connectivity index (χ0n) is 8.55. The van der Waals surface area contributed by atoms with Crippen LogP contribution in [0.3, 0.4) is 0 Å². The van der Waals surface area contributed by atoms with Crippen LogP contribution < -0.4 is 0 Å². The summed E-state index contributed by atoms with van der Waals surface area (Å²) in [6, 6.07) is 2.41. The summed E-state index contributed by atoms with van der Waals surface area (Å²) in [5.74, 6) is 0. The molecule has 0 saturated carbocycles. The van der Waals surface area contributed by atoms with Gasteiger partial charge in [-0.25, -0.2) is 0 Å². The maximum absolute atomic E-state index is 9.08. The largest absolute Gasteiger partial charge is 0.383 e. The van der Waals surface area contributed by atoms with Gasteiger partial charge in [0, 0.05) is 7.11 Å². The SMILES string of the molecule is CCN1CCC(C#N)(COC)CC1. The molecule has 3 nitrogen and oxygen atoms in total. The molecule has 0 aliphatic carbocycles. The topological polar surface area (TPSA) is 36.3 Å². The van der Waals surface area contributed by atoms with Crippen LogP contribution in [0.25, 0.3) is 0 Å². The molecule has 1 saturated heterocycles. The molecule has 0 aromatic carbocycles. The van der Waals surface area contributed by atoms with Crippen LogP contribution in [0.5, 0.6) is 0 Å². The van der Waals surface area contributed by atoms with Crippen LogP contribution in [0.4, 0.5) is 0 Å². The third-order valence-corrected chi connectivity index (χ3v) is 2.92. The van der Waals surface area contributed by atoms with Crippen LogP contribution in [-0.4, -0.2) is 38.3 Å². The van der Waals surface area contributed by atoms with Gasteiger partial charge in [0.15, 0.2) is 0 Å². The quantitative estimate of drug-likeness (QED) is 0.659. The third kappa shape index (κ3) is 2.43. The van der Waals surface area contributed by atoms with E-state index in [0.717, 1.165) is 32.5 Å². The molecule has 1 fully saturated rings. The first-order valence-corrected chi connectivity index (χ1v) is 4.89. The van der Waals surface area contributed by atoms with Crippen molar-refractivity contribution in [2.75, 3.05) is 33.4 Å². The van der Waals surface area contributed by atoms with Crippen molar-refractivity contribution < 1.29 is 4.74 Å². The second kappa shape index (κ2) is 4.59. The predicted octanol–water partition coefficient (Wildman–Crippen LogP) is 1.26. The van der Waals surface area contributed by atoms with E-state index < -0.39 is 0 Å². The Hall–Kier alpha value is -0.590. The Balaban J connectivity index is 2.49. The average Bonchev–Trinajstić information content (AvgIpc) is 2.19. The van der Waals surface area contributed by atoms with Gasteiger partial charge >= 0.3 is 0 Å². The Kier molecular flexibility index (Phi) is 3.71. The van der Waals surface area contributed by atoms with E-state index in [1.54, 1.807) is 7.11 Å². The summed E-state index contributed by atoms with van der Waals surface area (Å²) < 4.78 is 5.10. The van der Waals surface area contributed by atoms with E-state index in [9.17, 15) is 0 Å². The van der Waals surface area contributed by atoms with Crippen LogP contribution in [0.1, 0.15) is 19.8 Å². The fourth-order valence-electron chi connectivity index (χ4n) is 1.86. The number of hydrogen-bond acceptors (Lipinski definition) is 3. The zero-order valence-corrected chi connectivity index (χ0v) is 8.55. The Morgan fingerprint density at radius 1 is 1.46 bits per heavy atom. The highest BCUT2D eigenvalue weighted by molar-refractivity contribution is 5.01. The first-order chi connectivity index (χ1) is 6.26. The molecule has 3 heteroatoms. The van der Waals surface area contributed by atoms with Crippen molar-refractivity contribution >= 4 is 0 Å². The number of ether oxygens (including phenoxy) is 1. The fraction of sp³-hybridized carbons (Fsp3) is 0.900. The number of hydrogen-bond donors (Lipinski definition) is 0. The molecule has 0 unspecified atom stereocenters. The second-order valence-electron chi connectivity index (χ2n) is 3.76. The Morgan fingerprint density at radius 3 is 2.46 bits per heavy atom. The average molecular weight is 182 g/mol. The van der Waals surface area contributed by atoms with Crippen LogP contribution in [0.15, 0.2) is 0 Å². The molecule has 0 amide bonds. The van der Waals surface area contributed by atoms with Crippen LogP contribution in [0, 0.1) is 16.7 Å². The Morgan fingerprint density at radius 2 is 2.08 bits per heavy atom. The number of nitriles is 1. The Bertz CT molecular complexity index is 190. The summed E-state index contributed by atoms with van der Waals surface area (Å²) in [5, 5.41) is 9.08. The third-order valence-electron chi connectivity index (χ3n) is 2.92. The maximum Gasteiger partial charge on any atom is 0.0831 e. The normalized spacial score (nSPS) is 22.5. The summed E-state index contributed by atoms with van der Waals surface area (Å²) in [4.78, 5) is 2.38. The summed E-state index contributed by atoms with van der Waals surface area (Å²) in [7, 11) is 1.67. The van der Waals surface area contributed by atoms with Gasteiger partial charge in [0.1, 0.15) is 0 Å². The van der Waals surface area contributed by atoms with Gasteiger partial charge in [0.25, 0.3) is 0 Å². The summed E-state index contributed by atoms with van der Waals surface area (Å²) in [6.45, 7) is 5.91. The maximum atomic E-state index is 9.08. The standard InChI is InChI=1S/C10H18N2O/c1-3-12-6-4-10(8-11,5-7-12)9-13-2/h3-7,9H2,1-2H3. The highest BCUT2D eigenvalue weighted by Gasteiger charge is 2.34. The van der Waals surface area contributed by atoms with E-state index >= 15 is 0 Å². The summed E-state index contributed by atoms with van der Waals surface area (Å²) in [6.07, 6.45) is 1.90. The van der Waals surface area contributed by atoms with E-state index in [2.05, 4.69) is 17.9 Å². The molecular weight excluding hydrogens is 164 g/mol. The molecule has 1 aliphatic rings. The fourth-order valence-corrected chi connectivity index (χ4v) is 1.86. The van der Waals surface area contributed by atoms with Gasteiger partial charge in [0.2, 0.25) is 0 Å². The smallest absolute Gasteiger partial charge is 0.0831 e. The van der Waals surface area contributed by atoms with E-state index in [4.69, 9.17) is 10.00 Å². The van der Waals surface area contributed by atoms with Gasteiger partial charge in [-0.3, -0.25) is 0 Å². The molecule has 0 atom stereocenters. The van der Waals surface area contributed by atoms with Crippen molar-refractivity contribution in [2.24, 2.45) is 5.41 Å². The highest BCUT2D eigenvalue weighted by atomic mass is 16.5. The van der Waals surface area contributed by atoms with Crippen LogP contribution in [-0.2, 0) is 4.74 Å². The summed E-state index contributed by atoms with van der Waals surface area (Å²) in [5.41, 5.74) is -0.208. The zero-order chi connectivity index (χ0) is 9.73. The number of nitrogens with zero attached hydrogens (tertiary/aromatic N) is 2. The molecule has 0 radical (unpaired) electrons. The van der Waals surface area contributed by atoms with Crippen molar-refractivity contribution in [1.29, 1.82) is 5.26 Å². The van der Waals surface area contributed by atoms with Crippen molar-refractivity contribution in [2.45, 2.75) is 19.8 Å². The van der Waals surface area contributed by atoms with Gasteiger partial charge in [-0.2, -0.15) is 5.26 Å². The van der Waals surface area contributed by atoms with Crippen molar-refractivity contribution in [3.63, 3.8) is 0 Å². The number of rotatable bonds is 3. The van der Waals surface area contributed by atoms with E-state index in [1.165, 1.54) is 0 Å². The molecule has 0 aromatic heterocycles. The molecule has 13 heavy (non-hydrogen) atoms. The lowest BCUT2D eigenvalue weighted by Crippen LogP contribution is -2.41. The molecule has 0 aromatic rings. The van der Waals surface area contributed by atoms with Gasteiger partial charge in [-0.15, -0.1) is 0 Å². The van der Waals surface area contributed by atoms with E-state index in [-0.39, 0.29) is 5.41 Å². The minimum Gasteiger partial charge on any atom is -0.383 e. The first kappa shape index (κ1) is 10.5. The number of likely N-dealkylation sites (tertiary alicyclic amines) is 1. The molecule has 0 N–H and O–H groups in total. The molecule has 1 rings (SSSR count). The molecule has 74 valence electrons. The van der Waals surface area contributed by atoms with Crippen LogP contribution in [0.2, 0.25) is 0 Å². The lowest BCUT2D eigenvalue weighted by Gasteiger charge is -2.36. The van der Waals surface area contributed by atoms with Gasteiger partial charge in [-0.1, -0.05) is 6.92 Å². The van der Waals surface area contributed by atoms with E-state index in [1.807, 2.05) is 0 Å². The molecule has 0 spiro atoms. The summed E-state index contributed by atoms with van der Waals surface area (Å²) >= 11 is 0. The van der Waals surface area contributed by atoms with Gasteiger partial charge in [-0.05, 0) is 32.5 Å². The number of piperidine rings is 1. The molecule has 1 heterocycles. The molecule has 0 bridgehead atoms. The minimum atomic E-state index is -0.208. The first-order valence-electron chi connectivity index (χ1n) is 4.89. The molecular formula is C10H18N2O. The van der Waals surface area contributed by atoms with Crippen molar-refractivity contribution in [1.82, 2.24) is 4.90 Å².